The van der Waals surface area contributed by atoms with Gasteiger partial charge in [0.2, 0.25) is 0 Å². The summed E-state index contributed by atoms with van der Waals surface area (Å²) in [6.07, 6.45) is 4.46. The van der Waals surface area contributed by atoms with Crippen LogP contribution < -0.4 is 5.32 Å². The first kappa shape index (κ1) is 13.9. The van der Waals surface area contributed by atoms with Gasteiger partial charge in [0.05, 0.1) is 6.07 Å². The maximum Gasteiger partial charge on any atom is 0.128 e. The number of hydrogen-bond donors (Lipinski definition) is 1. The van der Waals surface area contributed by atoms with Crippen molar-refractivity contribution in [2.24, 2.45) is 11.3 Å². The lowest BCUT2D eigenvalue weighted by atomic mass is 9.62. The van der Waals surface area contributed by atoms with Crippen LogP contribution in [0.1, 0.15) is 46.5 Å². The summed E-state index contributed by atoms with van der Waals surface area (Å²) in [4.78, 5) is 0. The molecule has 1 aromatic rings. The van der Waals surface area contributed by atoms with Crippen molar-refractivity contribution in [2.75, 3.05) is 5.32 Å². The number of benzene rings is 1. The number of nitrogens with zero attached hydrogens (tertiary/aromatic N) is 1. The van der Waals surface area contributed by atoms with Crippen molar-refractivity contribution in [2.45, 2.75) is 52.0 Å². The molecule has 0 spiro atoms. The molecule has 0 radical (unpaired) electrons. The van der Waals surface area contributed by atoms with Crippen molar-refractivity contribution < 1.29 is 0 Å². The van der Waals surface area contributed by atoms with E-state index < -0.39 is 5.54 Å². The molecule has 1 saturated carbocycles. The quantitative estimate of drug-likeness (QED) is 0.839. The highest BCUT2D eigenvalue weighted by Gasteiger charge is 2.46. The van der Waals surface area contributed by atoms with Gasteiger partial charge < -0.3 is 5.32 Å². The summed E-state index contributed by atoms with van der Waals surface area (Å²) in [6.45, 7) is 6.76. The molecule has 2 atom stereocenters. The molecule has 1 N–H and O–H groups in total. The van der Waals surface area contributed by atoms with Gasteiger partial charge in [0, 0.05) is 11.6 Å². The SMILES string of the molecule is CC(C)(C)C1CCCCC1(C#N)Nc1ccccc1. The lowest BCUT2D eigenvalue weighted by molar-refractivity contribution is 0.127. The summed E-state index contributed by atoms with van der Waals surface area (Å²) in [7, 11) is 0. The van der Waals surface area contributed by atoms with Crippen molar-refractivity contribution in [1.82, 2.24) is 0 Å². The third-order valence-electron chi connectivity index (χ3n) is 4.29. The van der Waals surface area contributed by atoms with E-state index in [1.165, 1.54) is 6.42 Å². The predicted molar refractivity (Wildman–Crippen MR) is 79.8 cm³/mol. The Hall–Kier alpha value is -1.49. The van der Waals surface area contributed by atoms with E-state index in [0.717, 1.165) is 24.9 Å². The van der Waals surface area contributed by atoms with E-state index in [1.54, 1.807) is 0 Å². The third kappa shape index (κ3) is 2.92. The zero-order valence-electron chi connectivity index (χ0n) is 12.2. The van der Waals surface area contributed by atoms with Crippen LogP contribution >= 0.6 is 0 Å². The third-order valence-corrected chi connectivity index (χ3v) is 4.29. The Kier molecular flexibility index (Phi) is 3.85. The minimum Gasteiger partial charge on any atom is -0.367 e. The number of anilines is 1. The van der Waals surface area contributed by atoms with E-state index in [1.807, 2.05) is 30.3 Å². The van der Waals surface area contributed by atoms with Gasteiger partial charge >= 0.3 is 0 Å². The molecule has 1 fully saturated rings. The van der Waals surface area contributed by atoms with E-state index in [0.29, 0.717) is 5.92 Å². The lowest BCUT2D eigenvalue weighted by Crippen LogP contribution is -2.51. The molecular formula is C17H24N2. The summed E-state index contributed by atoms with van der Waals surface area (Å²) in [5.41, 5.74) is 0.788. The van der Waals surface area contributed by atoms with Crippen LogP contribution in [-0.2, 0) is 0 Å². The van der Waals surface area contributed by atoms with Gasteiger partial charge in [-0.15, -0.1) is 0 Å². The maximum atomic E-state index is 9.82. The highest BCUT2D eigenvalue weighted by Crippen LogP contribution is 2.45. The van der Waals surface area contributed by atoms with E-state index in [9.17, 15) is 5.26 Å². The monoisotopic (exact) mass is 256 g/mol. The van der Waals surface area contributed by atoms with E-state index in [-0.39, 0.29) is 5.41 Å². The van der Waals surface area contributed by atoms with Crippen LogP contribution in [0.5, 0.6) is 0 Å². The number of rotatable bonds is 2. The van der Waals surface area contributed by atoms with Crippen LogP contribution in [0.4, 0.5) is 5.69 Å². The van der Waals surface area contributed by atoms with Gasteiger partial charge in [-0.25, -0.2) is 0 Å². The van der Waals surface area contributed by atoms with E-state index in [2.05, 4.69) is 32.2 Å². The number of para-hydroxylation sites is 1. The van der Waals surface area contributed by atoms with Crippen molar-refractivity contribution in [1.29, 1.82) is 5.26 Å². The van der Waals surface area contributed by atoms with Crippen LogP contribution in [-0.4, -0.2) is 5.54 Å². The molecule has 1 aromatic carbocycles. The standard InChI is InChI=1S/C17H24N2/c1-16(2,3)15-11-7-8-12-17(15,13-18)19-14-9-5-4-6-10-14/h4-6,9-10,15,19H,7-8,11-12H2,1-3H3. The molecule has 0 heterocycles. The van der Waals surface area contributed by atoms with Crippen molar-refractivity contribution in [3.05, 3.63) is 30.3 Å². The van der Waals surface area contributed by atoms with E-state index in [4.69, 9.17) is 0 Å². The average Bonchev–Trinajstić information content (AvgIpc) is 2.39. The minimum atomic E-state index is -0.419. The molecule has 0 aromatic heterocycles. The number of hydrogen-bond acceptors (Lipinski definition) is 2. The molecule has 19 heavy (non-hydrogen) atoms. The zero-order chi connectivity index (χ0) is 13.9. The Morgan fingerprint density at radius 2 is 1.89 bits per heavy atom. The van der Waals surface area contributed by atoms with Crippen LogP contribution in [0.2, 0.25) is 0 Å². The Balaban J connectivity index is 2.31. The van der Waals surface area contributed by atoms with Crippen molar-refractivity contribution >= 4 is 5.69 Å². The van der Waals surface area contributed by atoms with E-state index >= 15 is 0 Å². The fourth-order valence-corrected chi connectivity index (χ4v) is 3.44. The van der Waals surface area contributed by atoms with Gasteiger partial charge in [0.1, 0.15) is 5.54 Å². The summed E-state index contributed by atoms with van der Waals surface area (Å²) < 4.78 is 0. The number of nitrogens with one attached hydrogen (secondary N) is 1. The summed E-state index contributed by atoms with van der Waals surface area (Å²) in [5, 5.41) is 13.4. The molecule has 0 amide bonds. The Morgan fingerprint density at radius 3 is 2.47 bits per heavy atom. The summed E-state index contributed by atoms with van der Waals surface area (Å²) in [6, 6.07) is 12.7. The molecule has 0 aliphatic heterocycles. The fraction of sp³-hybridized carbons (Fsp3) is 0.588. The first-order valence-electron chi connectivity index (χ1n) is 7.22. The zero-order valence-corrected chi connectivity index (χ0v) is 12.2. The van der Waals surface area contributed by atoms with Crippen LogP contribution in [0.25, 0.3) is 0 Å². The fourth-order valence-electron chi connectivity index (χ4n) is 3.44. The van der Waals surface area contributed by atoms with Gasteiger partial charge in [0.25, 0.3) is 0 Å². The maximum absolute atomic E-state index is 9.82. The van der Waals surface area contributed by atoms with Crippen molar-refractivity contribution in [3.63, 3.8) is 0 Å². The van der Waals surface area contributed by atoms with Gasteiger partial charge in [-0.2, -0.15) is 5.26 Å². The molecule has 1 aliphatic rings. The first-order valence-corrected chi connectivity index (χ1v) is 7.22. The summed E-state index contributed by atoms with van der Waals surface area (Å²) in [5.74, 6) is 0.388. The predicted octanol–water partition coefficient (Wildman–Crippen LogP) is 4.60. The molecule has 2 heteroatoms. The lowest BCUT2D eigenvalue weighted by Gasteiger charge is -2.46. The normalized spacial score (nSPS) is 27.6. The topological polar surface area (TPSA) is 35.8 Å². The highest BCUT2D eigenvalue weighted by molar-refractivity contribution is 5.48. The molecule has 0 bridgehead atoms. The Morgan fingerprint density at radius 1 is 1.21 bits per heavy atom. The Labute approximate surface area is 116 Å². The van der Waals surface area contributed by atoms with Gasteiger partial charge in [-0.1, -0.05) is 51.8 Å². The second-order valence-corrected chi connectivity index (χ2v) is 6.74. The smallest absolute Gasteiger partial charge is 0.128 e. The average molecular weight is 256 g/mol. The summed E-state index contributed by atoms with van der Waals surface area (Å²) >= 11 is 0. The second-order valence-electron chi connectivity index (χ2n) is 6.74. The molecule has 2 rings (SSSR count). The highest BCUT2D eigenvalue weighted by atomic mass is 15.0. The molecule has 2 unspecified atom stereocenters. The largest absolute Gasteiger partial charge is 0.367 e. The Bertz CT molecular complexity index is 452. The second kappa shape index (κ2) is 5.25. The van der Waals surface area contributed by atoms with Crippen LogP contribution in [0.15, 0.2) is 30.3 Å². The molecule has 102 valence electrons. The first-order chi connectivity index (χ1) is 8.98. The number of nitriles is 1. The van der Waals surface area contributed by atoms with Gasteiger partial charge in [0.15, 0.2) is 0 Å². The molecule has 0 saturated heterocycles. The van der Waals surface area contributed by atoms with Gasteiger partial charge in [-0.3, -0.25) is 0 Å². The molecule has 2 nitrogen and oxygen atoms in total. The molecule has 1 aliphatic carbocycles. The molecular weight excluding hydrogens is 232 g/mol. The van der Waals surface area contributed by atoms with Gasteiger partial charge in [-0.05, 0) is 30.4 Å². The minimum absolute atomic E-state index is 0.151. The van der Waals surface area contributed by atoms with Crippen LogP contribution in [0, 0.1) is 22.7 Å². The van der Waals surface area contributed by atoms with Crippen LogP contribution in [0.3, 0.4) is 0 Å². The van der Waals surface area contributed by atoms with Crippen molar-refractivity contribution in [3.8, 4) is 6.07 Å².